The summed E-state index contributed by atoms with van der Waals surface area (Å²) in [7, 11) is 0. The van der Waals surface area contributed by atoms with Crippen molar-refractivity contribution >= 4 is 62.6 Å². The quantitative estimate of drug-likeness (QED) is 0.675. The highest BCUT2D eigenvalue weighted by Crippen LogP contribution is 2.32. The zero-order chi connectivity index (χ0) is 16.9. The van der Waals surface area contributed by atoms with E-state index >= 15 is 0 Å². The Morgan fingerprint density at radius 1 is 1.13 bits per heavy atom. The Hall–Kier alpha value is -1.75. The molecule has 0 spiro atoms. The van der Waals surface area contributed by atoms with Crippen LogP contribution in [0.25, 0.3) is 21.8 Å². The van der Waals surface area contributed by atoms with E-state index in [0.717, 1.165) is 5.56 Å². The van der Waals surface area contributed by atoms with E-state index < -0.39 is 5.97 Å². The highest BCUT2D eigenvalue weighted by Gasteiger charge is 2.17. The van der Waals surface area contributed by atoms with Gasteiger partial charge in [0, 0.05) is 15.8 Å². The average Bonchev–Trinajstić information content (AvgIpc) is 2.48. The second-order valence-corrected chi connectivity index (χ2v) is 6.38. The molecule has 1 heterocycles. The summed E-state index contributed by atoms with van der Waals surface area (Å²) >= 11 is 18.4. The molecule has 0 radical (unpaired) electrons. The van der Waals surface area contributed by atoms with Crippen LogP contribution in [0.15, 0.2) is 29.1 Å². The lowest BCUT2D eigenvalue weighted by molar-refractivity contribution is -0.137. The normalized spacial score (nSPS) is 11.3. The number of pyridine rings is 1. The molecule has 118 valence electrons. The van der Waals surface area contributed by atoms with Crippen molar-refractivity contribution in [2.75, 3.05) is 0 Å². The van der Waals surface area contributed by atoms with Crippen molar-refractivity contribution in [1.82, 2.24) is 4.57 Å². The minimum Gasteiger partial charge on any atom is -0.480 e. The predicted molar refractivity (Wildman–Crippen MR) is 93.1 cm³/mol. The molecule has 0 aliphatic rings. The Balaban J connectivity index is 2.65. The molecule has 3 rings (SSSR count). The van der Waals surface area contributed by atoms with Crippen molar-refractivity contribution < 1.29 is 9.90 Å². The van der Waals surface area contributed by atoms with Crippen molar-refractivity contribution in [3.8, 4) is 0 Å². The molecule has 0 aliphatic carbocycles. The molecule has 0 aliphatic heterocycles. The molecule has 0 atom stereocenters. The molecule has 0 amide bonds. The van der Waals surface area contributed by atoms with E-state index in [0.29, 0.717) is 26.8 Å². The first-order valence-electron chi connectivity index (χ1n) is 6.63. The van der Waals surface area contributed by atoms with Gasteiger partial charge in [-0.1, -0.05) is 34.8 Å². The van der Waals surface area contributed by atoms with E-state index in [1.165, 1.54) is 16.7 Å². The number of aromatic nitrogens is 1. The van der Waals surface area contributed by atoms with Crippen LogP contribution < -0.4 is 5.43 Å². The van der Waals surface area contributed by atoms with Gasteiger partial charge in [0.25, 0.3) is 0 Å². The Morgan fingerprint density at radius 3 is 2.48 bits per heavy atom. The van der Waals surface area contributed by atoms with E-state index in [4.69, 9.17) is 34.8 Å². The van der Waals surface area contributed by atoms with Gasteiger partial charge >= 0.3 is 5.97 Å². The molecular weight excluding hydrogens is 361 g/mol. The van der Waals surface area contributed by atoms with E-state index in [9.17, 15) is 14.7 Å². The van der Waals surface area contributed by atoms with Crippen LogP contribution >= 0.6 is 34.8 Å². The Morgan fingerprint density at radius 2 is 1.83 bits per heavy atom. The molecule has 0 unspecified atom stereocenters. The molecule has 4 nitrogen and oxygen atoms in total. The number of carboxylic acids is 1. The van der Waals surface area contributed by atoms with Crippen LogP contribution in [0.1, 0.15) is 5.56 Å². The lowest BCUT2D eigenvalue weighted by Crippen LogP contribution is -2.16. The van der Waals surface area contributed by atoms with Gasteiger partial charge in [-0.2, -0.15) is 0 Å². The Bertz CT molecular complexity index is 1030. The maximum Gasteiger partial charge on any atom is 0.323 e. The van der Waals surface area contributed by atoms with Crippen molar-refractivity contribution in [3.63, 3.8) is 0 Å². The first-order chi connectivity index (χ1) is 10.8. The molecule has 0 bridgehead atoms. The second-order valence-electron chi connectivity index (χ2n) is 5.19. The number of fused-ring (bicyclic) bond motifs is 2. The van der Waals surface area contributed by atoms with Crippen LogP contribution in [-0.2, 0) is 11.3 Å². The first kappa shape index (κ1) is 16.1. The number of rotatable bonds is 2. The lowest BCUT2D eigenvalue weighted by Gasteiger charge is -2.16. The third kappa shape index (κ3) is 2.57. The zero-order valence-electron chi connectivity index (χ0n) is 11.9. The monoisotopic (exact) mass is 369 g/mol. The molecule has 3 aromatic rings. The van der Waals surface area contributed by atoms with Crippen molar-refractivity contribution in [2.45, 2.75) is 13.5 Å². The van der Waals surface area contributed by atoms with Crippen molar-refractivity contribution in [3.05, 3.63) is 55.1 Å². The number of halogens is 3. The maximum atomic E-state index is 12.7. The molecule has 2 aromatic carbocycles. The number of nitrogens with zero attached hydrogens (tertiary/aromatic N) is 1. The topological polar surface area (TPSA) is 59.3 Å². The average molecular weight is 371 g/mol. The van der Waals surface area contributed by atoms with Crippen LogP contribution in [0.3, 0.4) is 0 Å². The molecule has 0 saturated heterocycles. The summed E-state index contributed by atoms with van der Waals surface area (Å²) in [6.45, 7) is 1.43. The van der Waals surface area contributed by atoms with Gasteiger partial charge in [0.15, 0.2) is 5.43 Å². The number of aliphatic carboxylic acids is 1. The summed E-state index contributed by atoms with van der Waals surface area (Å²) < 4.78 is 1.48. The van der Waals surface area contributed by atoms with Crippen LogP contribution in [0, 0.1) is 6.92 Å². The molecule has 0 saturated carbocycles. The summed E-state index contributed by atoms with van der Waals surface area (Å²) in [6, 6.07) is 6.28. The van der Waals surface area contributed by atoms with Gasteiger partial charge in [-0.3, -0.25) is 9.59 Å². The van der Waals surface area contributed by atoms with Gasteiger partial charge < -0.3 is 9.67 Å². The van der Waals surface area contributed by atoms with Gasteiger partial charge in [-0.15, -0.1) is 0 Å². The van der Waals surface area contributed by atoms with Crippen LogP contribution in [0.5, 0.6) is 0 Å². The highest BCUT2D eigenvalue weighted by atomic mass is 35.5. The van der Waals surface area contributed by atoms with E-state index in [1.54, 1.807) is 19.1 Å². The van der Waals surface area contributed by atoms with Gasteiger partial charge in [-0.25, -0.2) is 0 Å². The summed E-state index contributed by atoms with van der Waals surface area (Å²) in [5.74, 6) is -1.06. The molecule has 1 N–H and O–H groups in total. The lowest BCUT2D eigenvalue weighted by atomic mass is 10.1. The van der Waals surface area contributed by atoms with Crippen LogP contribution in [0.2, 0.25) is 15.1 Å². The van der Waals surface area contributed by atoms with Gasteiger partial charge in [0.2, 0.25) is 0 Å². The smallest absolute Gasteiger partial charge is 0.323 e. The largest absolute Gasteiger partial charge is 0.480 e. The number of carboxylic acid groups (broad SMARTS) is 1. The molecule has 1 aromatic heterocycles. The van der Waals surface area contributed by atoms with Crippen LogP contribution in [-0.4, -0.2) is 15.6 Å². The minimum absolute atomic E-state index is 0.150. The third-order valence-corrected chi connectivity index (χ3v) is 4.89. The Kier molecular flexibility index (Phi) is 4.00. The third-order valence-electron chi connectivity index (χ3n) is 3.69. The van der Waals surface area contributed by atoms with Gasteiger partial charge in [0.05, 0.1) is 21.1 Å². The number of hydrogen-bond acceptors (Lipinski definition) is 2. The fourth-order valence-corrected chi connectivity index (χ4v) is 3.21. The van der Waals surface area contributed by atoms with Crippen molar-refractivity contribution in [2.24, 2.45) is 0 Å². The fourth-order valence-electron chi connectivity index (χ4n) is 2.62. The highest BCUT2D eigenvalue weighted by molar-refractivity contribution is 6.45. The number of aryl methyl sites for hydroxylation is 1. The molecule has 0 fully saturated rings. The maximum absolute atomic E-state index is 12.7. The fraction of sp³-hybridized carbons (Fsp3) is 0.125. The summed E-state index contributed by atoms with van der Waals surface area (Å²) in [5, 5.41) is 10.7. The van der Waals surface area contributed by atoms with Crippen LogP contribution in [0.4, 0.5) is 0 Å². The van der Waals surface area contributed by atoms with E-state index in [1.807, 2.05) is 0 Å². The first-order valence-corrected chi connectivity index (χ1v) is 7.77. The van der Waals surface area contributed by atoms with Gasteiger partial charge in [0.1, 0.15) is 6.54 Å². The summed E-state index contributed by atoms with van der Waals surface area (Å²) in [4.78, 5) is 24.0. The summed E-state index contributed by atoms with van der Waals surface area (Å²) in [6.07, 6.45) is 0. The molecular formula is C16H10Cl3NO3. The van der Waals surface area contributed by atoms with Gasteiger partial charge in [-0.05, 0) is 36.8 Å². The van der Waals surface area contributed by atoms with E-state index in [-0.39, 0.29) is 22.0 Å². The predicted octanol–water partition coefficient (Wildman–Crippen LogP) is 4.51. The minimum atomic E-state index is -1.06. The molecule has 23 heavy (non-hydrogen) atoms. The van der Waals surface area contributed by atoms with Crippen molar-refractivity contribution in [1.29, 1.82) is 0 Å². The summed E-state index contributed by atoms with van der Waals surface area (Å²) in [5.41, 5.74) is 1.23. The zero-order valence-corrected chi connectivity index (χ0v) is 14.1. The second kappa shape index (κ2) is 5.71. The number of hydrogen-bond donors (Lipinski definition) is 1. The SMILES string of the molecule is Cc1cc2c(cc1Cl)c(=O)c1ccc(Cl)c(Cl)c1n2CC(=O)O. The standard InChI is InChI=1S/C16H10Cl3NO3/c1-7-4-12-9(5-11(7)18)16(23)8-2-3-10(17)14(19)15(8)20(12)6-13(21)22/h2-5H,6H2,1H3,(H,21,22). The number of carbonyl (C=O) groups is 1. The molecule has 7 heteroatoms. The Labute approximate surface area is 145 Å². The number of benzene rings is 2. The van der Waals surface area contributed by atoms with E-state index in [2.05, 4.69) is 0 Å².